The average molecular weight is 389 g/mol. The first-order valence-electron chi connectivity index (χ1n) is 9.84. The van der Waals surface area contributed by atoms with Gasteiger partial charge in [0.1, 0.15) is 5.69 Å². The summed E-state index contributed by atoms with van der Waals surface area (Å²) in [4.78, 5) is 26.9. The maximum Gasteiger partial charge on any atom is 0.292 e. The number of rotatable bonds is 5. The Balaban J connectivity index is 1.29. The topological polar surface area (TPSA) is 75.4 Å². The minimum Gasteiger partial charge on any atom is -0.352 e. The Bertz CT molecular complexity index is 961. The maximum atomic E-state index is 12.7. The van der Waals surface area contributed by atoms with E-state index in [1.807, 2.05) is 60.7 Å². The van der Waals surface area contributed by atoms with Crippen molar-refractivity contribution < 1.29 is 14.1 Å². The van der Waals surface area contributed by atoms with Gasteiger partial charge in [-0.2, -0.15) is 0 Å². The van der Waals surface area contributed by atoms with Crippen molar-refractivity contribution in [2.75, 3.05) is 13.1 Å². The molecule has 2 aromatic carbocycles. The molecule has 0 unspecified atom stereocenters. The zero-order valence-corrected chi connectivity index (χ0v) is 16.1. The van der Waals surface area contributed by atoms with Crippen molar-refractivity contribution in [2.24, 2.45) is 5.92 Å². The number of carbonyl (C=O) groups excluding carboxylic acids is 2. The molecule has 0 saturated carbocycles. The van der Waals surface area contributed by atoms with Crippen LogP contribution in [-0.4, -0.2) is 35.0 Å². The van der Waals surface area contributed by atoms with E-state index in [0.29, 0.717) is 38.2 Å². The average Bonchev–Trinajstić information content (AvgIpc) is 3.29. The van der Waals surface area contributed by atoms with Crippen LogP contribution in [0.4, 0.5) is 0 Å². The fourth-order valence-electron chi connectivity index (χ4n) is 3.55. The van der Waals surface area contributed by atoms with Crippen molar-refractivity contribution in [1.82, 2.24) is 15.4 Å². The highest BCUT2D eigenvalue weighted by atomic mass is 16.5. The second kappa shape index (κ2) is 8.73. The summed E-state index contributed by atoms with van der Waals surface area (Å²) < 4.78 is 5.28. The first-order chi connectivity index (χ1) is 14.2. The van der Waals surface area contributed by atoms with Gasteiger partial charge >= 0.3 is 0 Å². The van der Waals surface area contributed by atoms with E-state index in [-0.39, 0.29) is 23.5 Å². The van der Waals surface area contributed by atoms with Gasteiger partial charge in [-0.3, -0.25) is 9.59 Å². The fraction of sp³-hybridized carbons (Fsp3) is 0.261. The molecular formula is C23H23N3O3. The molecule has 2 amide bonds. The highest BCUT2D eigenvalue weighted by Crippen LogP contribution is 2.22. The van der Waals surface area contributed by atoms with Crippen molar-refractivity contribution in [2.45, 2.75) is 19.4 Å². The number of aromatic nitrogens is 1. The van der Waals surface area contributed by atoms with Gasteiger partial charge in [-0.15, -0.1) is 0 Å². The smallest absolute Gasteiger partial charge is 0.292 e. The van der Waals surface area contributed by atoms with Crippen LogP contribution in [0.1, 0.15) is 29.0 Å². The van der Waals surface area contributed by atoms with E-state index < -0.39 is 0 Å². The third kappa shape index (κ3) is 4.54. The molecule has 148 valence electrons. The normalized spacial score (nSPS) is 14.6. The lowest BCUT2D eigenvalue weighted by Gasteiger charge is -2.30. The molecule has 1 N–H and O–H groups in total. The van der Waals surface area contributed by atoms with Crippen molar-refractivity contribution in [3.8, 4) is 11.3 Å². The number of hydrogen-bond donors (Lipinski definition) is 1. The predicted octanol–water partition coefficient (Wildman–Crippen LogP) is 3.51. The van der Waals surface area contributed by atoms with E-state index in [0.717, 1.165) is 11.1 Å². The van der Waals surface area contributed by atoms with Gasteiger partial charge in [-0.1, -0.05) is 65.8 Å². The van der Waals surface area contributed by atoms with E-state index in [1.165, 1.54) is 0 Å². The molecule has 0 bridgehead atoms. The van der Waals surface area contributed by atoms with Gasteiger partial charge in [-0.05, 0) is 18.4 Å². The minimum absolute atomic E-state index is 0.0481. The molecule has 1 fully saturated rings. The number of benzene rings is 2. The molecule has 0 radical (unpaired) electrons. The summed E-state index contributed by atoms with van der Waals surface area (Å²) in [6, 6.07) is 21.1. The summed E-state index contributed by atoms with van der Waals surface area (Å²) in [5, 5.41) is 7.01. The van der Waals surface area contributed by atoms with Gasteiger partial charge in [0, 0.05) is 37.2 Å². The Kier molecular flexibility index (Phi) is 5.70. The summed E-state index contributed by atoms with van der Waals surface area (Å²) in [7, 11) is 0. The number of piperidine rings is 1. The monoisotopic (exact) mass is 389 g/mol. The first-order valence-corrected chi connectivity index (χ1v) is 9.84. The Morgan fingerprint density at radius 1 is 1.00 bits per heavy atom. The molecule has 0 spiro atoms. The van der Waals surface area contributed by atoms with Gasteiger partial charge in [0.05, 0.1) is 0 Å². The molecular weight excluding hydrogens is 366 g/mol. The predicted molar refractivity (Wildman–Crippen MR) is 109 cm³/mol. The summed E-state index contributed by atoms with van der Waals surface area (Å²) in [5.74, 6) is 0.0306. The lowest BCUT2D eigenvalue weighted by atomic mass is 9.95. The second-order valence-corrected chi connectivity index (χ2v) is 7.21. The van der Waals surface area contributed by atoms with Crippen LogP contribution < -0.4 is 5.32 Å². The van der Waals surface area contributed by atoms with E-state index >= 15 is 0 Å². The third-order valence-electron chi connectivity index (χ3n) is 5.25. The fourth-order valence-corrected chi connectivity index (χ4v) is 3.55. The molecule has 1 aromatic heterocycles. The number of carbonyl (C=O) groups is 2. The van der Waals surface area contributed by atoms with Gasteiger partial charge in [0.15, 0.2) is 0 Å². The molecule has 1 saturated heterocycles. The number of hydrogen-bond acceptors (Lipinski definition) is 4. The molecule has 1 aliphatic heterocycles. The lowest BCUT2D eigenvalue weighted by Crippen LogP contribution is -2.42. The third-order valence-corrected chi connectivity index (χ3v) is 5.25. The number of likely N-dealkylation sites (tertiary alicyclic amines) is 1. The molecule has 1 aliphatic rings. The molecule has 2 heterocycles. The summed E-state index contributed by atoms with van der Waals surface area (Å²) in [6.45, 7) is 1.59. The van der Waals surface area contributed by atoms with Crippen LogP contribution in [-0.2, 0) is 11.3 Å². The van der Waals surface area contributed by atoms with Crippen LogP contribution in [0.3, 0.4) is 0 Å². The van der Waals surface area contributed by atoms with E-state index in [4.69, 9.17) is 4.52 Å². The number of nitrogens with zero attached hydrogens (tertiary/aromatic N) is 2. The quantitative estimate of drug-likeness (QED) is 0.725. The van der Waals surface area contributed by atoms with E-state index in [9.17, 15) is 9.59 Å². The van der Waals surface area contributed by atoms with Crippen molar-refractivity contribution >= 4 is 11.8 Å². The summed E-state index contributed by atoms with van der Waals surface area (Å²) >= 11 is 0. The van der Waals surface area contributed by atoms with E-state index in [1.54, 1.807) is 11.0 Å². The van der Waals surface area contributed by atoms with Crippen LogP contribution in [0.5, 0.6) is 0 Å². The molecule has 0 atom stereocenters. The SMILES string of the molecule is O=C(NCc1ccccc1)C1CCN(C(=O)c2cc(-c3ccccc3)no2)CC1. The Morgan fingerprint density at radius 3 is 2.34 bits per heavy atom. The van der Waals surface area contributed by atoms with Gasteiger partial charge in [-0.25, -0.2) is 0 Å². The van der Waals surface area contributed by atoms with Crippen molar-refractivity contribution in [1.29, 1.82) is 0 Å². The molecule has 3 aromatic rings. The highest BCUT2D eigenvalue weighted by Gasteiger charge is 2.29. The van der Waals surface area contributed by atoms with Crippen LogP contribution in [0.25, 0.3) is 11.3 Å². The zero-order valence-electron chi connectivity index (χ0n) is 16.1. The highest BCUT2D eigenvalue weighted by molar-refractivity contribution is 5.92. The minimum atomic E-state index is -0.178. The molecule has 6 heteroatoms. The Morgan fingerprint density at radius 2 is 1.66 bits per heavy atom. The Labute approximate surface area is 169 Å². The zero-order chi connectivity index (χ0) is 20.1. The molecule has 4 rings (SSSR count). The first kappa shape index (κ1) is 18.9. The second-order valence-electron chi connectivity index (χ2n) is 7.21. The van der Waals surface area contributed by atoms with Crippen LogP contribution in [0.2, 0.25) is 0 Å². The van der Waals surface area contributed by atoms with Gasteiger partial charge < -0.3 is 14.7 Å². The van der Waals surface area contributed by atoms with Crippen LogP contribution >= 0.6 is 0 Å². The number of amides is 2. The summed E-state index contributed by atoms with van der Waals surface area (Å²) in [5.41, 5.74) is 2.63. The molecule has 0 aliphatic carbocycles. The van der Waals surface area contributed by atoms with E-state index in [2.05, 4.69) is 10.5 Å². The Hall–Kier alpha value is -3.41. The lowest BCUT2D eigenvalue weighted by molar-refractivity contribution is -0.126. The molecule has 29 heavy (non-hydrogen) atoms. The maximum absolute atomic E-state index is 12.7. The van der Waals surface area contributed by atoms with Crippen molar-refractivity contribution in [3.05, 3.63) is 78.1 Å². The van der Waals surface area contributed by atoms with Gasteiger partial charge in [0.2, 0.25) is 11.7 Å². The standard InChI is InChI=1S/C23H23N3O3/c27-22(24-16-17-7-3-1-4-8-17)19-11-13-26(14-12-19)23(28)21-15-20(25-29-21)18-9-5-2-6-10-18/h1-10,15,19H,11-14,16H2,(H,24,27). The van der Waals surface area contributed by atoms with Crippen LogP contribution in [0, 0.1) is 5.92 Å². The number of nitrogens with one attached hydrogen (secondary N) is 1. The summed E-state index contributed by atoms with van der Waals surface area (Å²) in [6.07, 6.45) is 1.29. The van der Waals surface area contributed by atoms with Crippen molar-refractivity contribution in [3.63, 3.8) is 0 Å². The van der Waals surface area contributed by atoms with Gasteiger partial charge in [0.25, 0.3) is 5.91 Å². The largest absolute Gasteiger partial charge is 0.352 e. The molecule has 6 nitrogen and oxygen atoms in total. The van der Waals surface area contributed by atoms with Crippen LogP contribution in [0.15, 0.2) is 71.3 Å².